The highest BCUT2D eigenvalue weighted by molar-refractivity contribution is 6.03. The maximum atomic E-state index is 13.3. The lowest BCUT2D eigenvalue weighted by molar-refractivity contribution is -0.313. The Balaban J connectivity index is 1.81. The lowest BCUT2D eigenvalue weighted by atomic mass is 9.74. The van der Waals surface area contributed by atoms with Crippen LogP contribution < -0.4 is 14.7 Å². The highest BCUT2D eigenvalue weighted by atomic mass is 16.5. The number of hydrogen-bond donors (Lipinski definition) is 0. The number of anilines is 1. The molecular weight excluding hydrogens is 334 g/mol. The smallest absolute Gasteiger partial charge is 0.234 e. The summed E-state index contributed by atoms with van der Waals surface area (Å²) in [6, 6.07) is 6.79. The van der Waals surface area contributed by atoms with Gasteiger partial charge in [-0.25, -0.2) is 0 Å². The van der Waals surface area contributed by atoms with Gasteiger partial charge >= 0.3 is 0 Å². The monoisotopic (exact) mass is 354 g/mol. The minimum Gasteiger partial charge on any atom is -0.550 e. The Labute approximate surface area is 151 Å². The van der Waals surface area contributed by atoms with Gasteiger partial charge in [0.25, 0.3) is 0 Å². The van der Waals surface area contributed by atoms with Gasteiger partial charge < -0.3 is 24.3 Å². The number of fused-ring (bicyclic) bond motifs is 1. The van der Waals surface area contributed by atoms with E-state index < -0.39 is 29.5 Å². The molecule has 1 aromatic rings. The van der Waals surface area contributed by atoms with Crippen LogP contribution in [-0.4, -0.2) is 36.7 Å². The largest absolute Gasteiger partial charge is 0.550 e. The van der Waals surface area contributed by atoms with E-state index >= 15 is 0 Å². The summed E-state index contributed by atoms with van der Waals surface area (Å²) >= 11 is 0. The lowest BCUT2D eigenvalue weighted by Gasteiger charge is -2.33. The Morgan fingerprint density at radius 2 is 2.08 bits per heavy atom. The van der Waals surface area contributed by atoms with Crippen LogP contribution in [0.4, 0.5) is 5.69 Å². The lowest BCUT2D eigenvalue weighted by Crippen LogP contribution is -2.46. The maximum Gasteiger partial charge on any atom is 0.234 e. The molecule has 2 fully saturated rings. The number of hydrogen-bond acceptors (Lipinski definition) is 5. The molecule has 5 atom stereocenters. The van der Waals surface area contributed by atoms with Crippen molar-refractivity contribution in [2.45, 2.75) is 31.1 Å². The topological polar surface area (TPSA) is 78.9 Å². The fraction of sp³-hybridized carbons (Fsp3) is 0.400. The van der Waals surface area contributed by atoms with E-state index in [1.165, 1.54) is 0 Å². The van der Waals surface area contributed by atoms with E-state index in [4.69, 9.17) is 9.47 Å². The molecule has 136 valence electrons. The third kappa shape index (κ3) is 2.15. The second-order valence-corrected chi connectivity index (χ2v) is 7.20. The van der Waals surface area contributed by atoms with Crippen molar-refractivity contribution in [1.29, 1.82) is 0 Å². The summed E-state index contributed by atoms with van der Waals surface area (Å²) in [5.74, 6) is -2.56. The van der Waals surface area contributed by atoms with Gasteiger partial charge in [-0.05, 0) is 37.6 Å². The van der Waals surface area contributed by atoms with Crippen molar-refractivity contribution in [3.8, 4) is 5.75 Å². The van der Waals surface area contributed by atoms with Crippen LogP contribution in [0.25, 0.3) is 0 Å². The third-order valence-corrected chi connectivity index (χ3v) is 5.59. The number of benzene rings is 1. The molecule has 0 aliphatic carbocycles. The number of carboxylic acid groups (broad SMARTS) is 1. The molecule has 1 aromatic carbocycles. The standard InChI is InChI=1S/C20H21NO5/c1-11(2)10-15-20-9-8-14(26-20)16(19(23)24)17(20)18(22)21(15)12-4-6-13(25-3)7-5-12/h4-9,14-17H,1,10H2,2-3H3,(H,23,24)/p-1/t14-,15+,16-,17+,20-/m1/s1. The molecule has 1 spiro atoms. The maximum absolute atomic E-state index is 13.3. The predicted octanol–water partition coefficient (Wildman–Crippen LogP) is 1.07. The van der Waals surface area contributed by atoms with Crippen LogP contribution in [0.3, 0.4) is 0 Å². The molecule has 3 aliphatic heterocycles. The van der Waals surface area contributed by atoms with Crippen LogP contribution in [0.15, 0.2) is 48.6 Å². The van der Waals surface area contributed by atoms with Crippen molar-refractivity contribution >= 4 is 17.6 Å². The molecule has 0 unspecified atom stereocenters. The summed E-state index contributed by atoms with van der Waals surface area (Å²) in [6.45, 7) is 5.87. The summed E-state index contributed by atoms with van der Waals surface area (Å²) in [5, 5.41) is 11.7. The van der Waals surface area contributed by atoms with Crippen molar-refractivity contribution in [2.75, 3.05) is 12.0 Å². The molecule has 3 heterocycles. The molecule has 6 nitrogen and oxygen atoms in total. The number of carbonyl (C=O) groups is 2. The van der Waals surface area contributed by atoms with Crippen LogP contribution in [0, 0.1) is 11.8 Å². The van der Waals surface area contributed by atoms with Crippen LogP contribution in [-0.2, 0) is 14.3 Å². The molecule has 2 bridgehead atoms. The Kier molecular flexibility index (Phi) is 3.70. The molecule has 0 saturated carbocycles. The van der Waals surface area contributed by atoms with E-state index in [9.17, 15) is 14.7 Å². The van der Waals surface area contributed by atoms with E-state index in [1.807, 2.05) is 13.0 Å². The highest BCUT2D eigenvalue weighted by Crippen LogP contribution is 2.56. The van der Waals surface area contributed by atoms with E-state index in [-0.39, 0.29) is 11.9 Å². The number of amides is 1. The van der Waals surface area contributed by atoms with E-state index in [0.717, 1.165) is 5.57 Å². The molecule has 4 rings (SSSR count). The number of carboxylic acids is 1. The molecule has 0 N–H and O–H groups in total. The SMILES string of the molecule is C=C(C)C[C@@H]1N(c2ccc(OC)cc2)C(=O)[C@@H]2[C@H](C(=O)[O-])[C@H]3C=C[C@]21O3. The second-order valence-electron chi connectivity index (χ2n) is 7.20. The van der Waals surface area contributed by atoms with Gasteiger partial charge in [0.2, 0.25) is 5.91 Å². The first-order valence-electron chi connectivity index (χ1n) is 8.58. The average molecular weight is 354 g/mol. The molecule has 6 heteroatoms. The number of carbonyl (C=O) groups excluding carboxylic acids is 2. The average Bonchev–Trinajstić information content (AvgIpc) is 3.24. The van der Waals surface area contributed by atoms with Gasteiger partial charge in [-0.15, -0.1) is 6.58 Å². The zero-order chi connectivity index (χ0) is 18.6. The first-order valence-corrected chi connectivity index (χ1v) is 8.58. The number of nitrogens with zero attached hydrogens (tertiary/aromatic N) is 1. The van der Waals surface area contributed by atoms with Gasteiger partial charge in [0.1, 0.15) is 11.4 Å². The molecule has 0 radical (unpaired) electrons. The summed E-state index contributed by atoms with van der Waals surface area (Å²) in [6.07, 6.45) is 3.51. The van der Waals surface area contributed by atoms with Crippen molar-refractivity contribution in [2.24, 2.45) is 11.8 Å². The van der Waals surface area contributed by atoms with Gasteiger partial charge in [-0.2, -0.15) is 0 Å². The number of methoxy groups -OCH3 is 1. The molecule has 1 amide bonds. The van der Waals surface area contributed by atoms with Crippen LogP contribution in [0.5, 0.6) is 5.75 Å². The highest BCUT2D eigenvalue weighted by Gasteiger charge is 2.69. The normalized spacial score (nSPS) is 34.2. The summed E-state index contributed by atoms with van der Waals surface area (Å²) in [7, 11) is 1.57. The van der Waals surface area contributed by atoms with Gasteiger partial charge in [0, 0.05) is 17.6 Å². The van der Waals surface area contributed by atoms with Crippen LogP contribution in [0.2, 0.25) is 0 Å². The number of rotatable bonds is 5. The van der Waals surface area contributed by atoms with E-state index in [2.05, 4.69) is 6.58 Å². The zero-order valence-corrected chi connectivity index (χ0v) is 14.7. The summed E-state index contributed by atoms with van der Waals surface area (Å²) in [4.78, 5) is 26.6. The van der Waals surface area contributed by atoms with Gasteiger partial charge in [-0.1, -0.05) is 17.7 Å². The van der Waals surface area contributed by atoms with Gasteiger partial charge in [0.15, 0.2) is 0 Å². The van der Waals surface area contributed by atoms with Crippen molar-refractivity contribution in [3.05, 3.63) is 48.6 Å². The number of ether oxygens (including phenoxy) is 2. The Hall–Kier alpha value is -2.60. The Bertz CT molecular complexity index is 814. The fourth-order valence-electron chi connectivity index (χ4n) is 4.55. The zero-order valence-electron chi connectivity index (χ0n) is 14.7. The first kappa shape index (κ1) is 16.8. The van der Waals surface area contributed by atoms with E-state index in [1.54, 1.807) is 42.4 Å². The molecular formula is C20H20NO5-. The quantitative estimate of drug-likeness (QED) is 0.739. The predicted molar refractivity (Wildman–Crippen MR) is 92.4 cm³/mol. The third-order valence-electron chi connectivity index (χ3n) is 5.59. The molecule has 0 aromatic heterocycles. The second kappa shape index (κ2) is 5.71. The van der Waals surface area contributed by atoms with Crippen LogP contribution in [0.1, 0.15) is 13.3 Å². The van der Waals surface area contributed by atoms with Crippen LogP contribution >= 0.6 is 0 Å². The molecule has 26 heavy (non-hydrogen) atoms. The van der Waals surface area contributed by atoms with Crippen molar-refractivity contribution < 1.29 is 24.2 Å². The minimum atomic E-state index is -1.25. The van der Waals surface area contributed by atoms with Crippen molar-refractivity contribution in [1.82, 2.24) is 0 Å². The van der Waals surface area contributed by atoms with E-state index in [0.29, 0.717) is 17.9 Å². The molecule has 2 saturated heterocycles. The fourth-order valence-corrected chi connectivity index (χ4v) is 4.55. The van der Waals surface area contributed by atoms with Gasteiger partial charge in [-0.3, -0.25) is 4.79 Å². The molecule has 3 aliphatic rings. The minimum absolute atomic E-state index is 0.248. The summed E-state index contributed by atoms with van der Waals surface area (Å²) in [5.41, 5.74) is 0.628. The summed E-state index contributed by atoms with van der Waals surface area (Å²) < 4.78 is 11.3. The van der Waals surface area contributed by atoms with Gasteiger partial charge in [0.05, 0.1) is 25.2 Å². The first-order chi connectivity index (χ1) is 12.4. The Morgan fingerprint density at radius 1 is 1.38 bits per heavy atom. The van der Waals surface area contributed by atoms with Crippen molar-refractivity contribution in [3.63, 3.8) is 0 Å². The Morgan fingerprint density at radius 3 is 2.65 bits per heavy atom. The number of aliphatic carboxylic acids is 1.